The second-order valence-electron chi connectivity index (χ2n) is 3.67. The van der Waals surface area contributed by atoms with Gasteiger partial charge in [0.1, 0.15) is 16.9 Å². The Morgan fingerprint density at radius 1 is 1.47 bits per heavy atom. The third-order valence-corrected chi connectivity index (χ3v) is 3.46. The molecule has 0 spiro atoms. The van der Waals surface area contributed by atoms with Crippen molar-refractivity contribution in [3.05, 3.63) is 23.0 Å². The average Bonchev–Trinajstić information content (AvgIpc) is 2.56. The first kappa shape index (κ1) is 10.2. The third-order valence-electron chi connectivity index (χ3n) is 2.50. The van der Waals surface area contributed by atoms with Crippen molar-refractivity contribution >= 4 is 27.3 Å². The van der Waals surface area contributed by atoms with E-state index in [4.69, 9.17) is 0 Å². The number of hydrogen-bond donors (Lipinski definition) is 0. The van der Waals surface area contributed by atoms with Crippen LogP contribution in [0.3, 0.4) is 0 Å². The summed E-state index contributed by atoms with van der Waals surface area (Å²) in [6.07, 6.45) is 1.53. The highest BCUT2D eigenvalue weighted by atomic mass is 32.1. The molecule has 0 bridgehead atoms. The Bertz CT molecular complexity index is 518. The number of nitrogens with zero attached hydrogens (tertiary/aromatic N) is 2. The minimum absolute atomic E-state index is 0.138. The smallest absolute Gasteiger partial charge is 0.138 e. The van der Waals surface area contributed by atoms with Crippen LogP contribution < -0.4 is 0 Å². The van der Waals surface area contributed by atoms with E-state index in [1.807, 2.05) is 13.8 Å². The van der Waals surface area contributed by atoms with Crippen LogP contribution in [0.4, 0.5) is 0 Å². The molecule has 0 aliphatic heterocycles. The van der Waals surface area contributed by atoms with Gasteiger partial charge >= 0.3 is 0 Å². The number of carbonyl (C=O) groups is 1. The van der Waals surface area contributed by atoms with E-state index in [-0.39, 0.29) is 11.7 Å². The van der Waals surface area contributed by atoms with E-state index in [0.29, 0.717) is 0 Å². The van der Waals surface area contributed by atoms with Crippen molar-refractivity contribution in [2.24, 2.45) is 0 Å². The highest BCUT2D eigenvalue weighted by Gasteiger charge is 2.16. The largest absolute Gasteiger partial charge is 0.299 e. The third kappa shape index (κ3) is 1.77. The van der Waals surface area contributed by atoms with E-state index >= 15 is 0 Å². The fourth-order valence-corrected chi connectivity index (χ4v) is 2.39. The van der Waals surface area contributed by atoms with Gasteiger partial charge in [0.25, 0.3) is 0 Å². The van der Waals surface area contributed by atoms with E-state index in [2.05, 4.69) is 16.0 Å². The summed E-state index contributed by atoms with van der Waals surface area (Å²) in [5, 5.41) is 1.02. The molecule has 4 heteroatoms. The lowest BCUT2D eigenvalue weighted by molar-refractivity contribution is -0.118. The molecule has 3 nitrogen and oxygen atoms in total. The first-order valence-electron chi connectivity index (χ1n) is 4.81. The Labute approximate surface area is 92.2 Å². The van der Waals surface area contributed by atoms with Gasteiger partial charge in [-0.15, -0.1) is 11.3 Å². The lowest BCUT2D eigenvalue weighted by Gasteiger charge is -2.06. The van der Waals surface area contributed by atoms with Gasteiger partial charge < -0.3 is 0 Å². The van der Waals surface area contributed by atoms with Crippen molar-refractivity contribution in [3.8, 4) is 0 Å². The Morgan fingerprint density at radius 2 is 2.20 bits per heavy atom. The van der Waals surface area contributed by atoms with Gasteiger partial charge in [0.2, 0.25) is 0 Å². The van der Waals surface area contributed by atoms with Crippen molar-refractivity contribution in [2.45, 2.75) is 26.7 Å². The van der Waals surface area contributed by atoms with E-state index in [0.717, 1.165) is 15.9 Å². The summed E-state index contributed by atoms with van der Waals surface area (Å²) < 4.78 is 0. The predicted octanol–water partition coefficient (Wildman–Crippen LogP) is 2.69. The highest BCUT2D eigenvalue weighted by Crippen LogP contribution is 2.28. The zero-order chi connectivity index (χ0) is 11.0. The van der Waals surface area contributed by atoms with Gasteiger partial charge in [-0.3, -0.25) is 4.79 Å². The molecule has 0 fully saturated rings. The molecule has 2 rings (SSSR count). The lowest BCUT2D eigenvalue weighted by Crippen LogP contribution is -2.06. The summed E-state index contributed by atoms with van der Waals surface area (Å²) in [6, 6.07) is 2.05. The molecule has 0 N–H and O–H groups in total. The maximum atomic E-state index is 11.3. The number of hydrogen-bond acceptors (Lipinski definition) is 4. The zero-order valence-electron chi connectivity index (χ0n) is 8.94. The molecule has 0 radical (unpaired) electrons. The number of carbonyl (C=O) groups excluding carboxylic acids is 1. The van der Waals surface area contributed by atoms with Gasteiger partial charge in [-0.2, -0.15) is 0 Å². The number of Topliss-reactive ketones (excluding diaryl/α,β-unsaturated/α-hetero) is 1. The summed E-state index contributed by atoms with van der Waals surface area (Å²) in [5.41, 5.74) is 0.844. The van der Waals surface area contributed by atoms with Crippen molar-refractivity contribution in [1.82, 2.24) is 9.97 Å². The maximum Gasteiger partial charge on any atom is 0.138 e. The molecule has 1 atom stereocenters. The minimum atomic E-state index is -0.149. The quantitative estimate of drug-likeness (QED) is 0.781. The molecule has 2 aromatic heterocycles. The Morgan fingerprint density at radius 3 is 2.87 bits per heavy atom. The van der Waals surface area contributed by atoms with Crippen molar-refractivity contribution in [1.29, 1.82) is 0 Å². The highest BCUT2D eigenvalue weighted by molar-refractivity contribution is 7.18. The standard InChI is InChI=1S/C11H12N2OS/c1-6-4-9-10(7(2)8(3)14)12-5-13-11(9)15-6/h4-5,7H,1-3H3. The summed E-state index contributed by atoms with van der Waals surface area (Å²) in [4.78, 5) is 21.9. The number of ketones is 1. The van der Waals surface area contributed by atoms with Crippen LogP contribution >= 0.6 is 11.3 Å². The van der Waals surface area contributed by atoms with Gasteiger partial charge in [-0.25, -0.2) is 9.97 Å². The van der Waals surface area contributed by atoms with Crippen molar-refractivity contribution in [3.63, 3.8) is 0 Å². The number of fused-ring (bicyclic) bond motifs is 1. The Kier molecular flexibility index (Phi) is 2.52. The average molecular weight is 220 g/mol. The molecule has 0 aromatic carbocycles. The van der Waals surface area contributed by atoms with E-state index in [1.54, 1.807) is 18.3 Å². The van der Waals surface area contributed by atoms with E-state index < -0.39 is 0 Å². The fraction of sp³-hybridized carbons (Fsp3) is 0.364. The molecule has 0 saturated heterocycles. The molecule has 1 unspecified atom stereocenters. The number of aromatic nitrogens is 2. The minimum Gasteiger partial charge on any atom is -0.299 e. The van der Waals surface area contributed by atoms with Crippen molar-refractivity contribution < 1.29 is 4.79 Å². The van der Waals surface area contributed by atoms with Crippen LogP contribution in [0.5, 0.6) is 0 Å². The molecule has 2 heterocycles. The maximum absolute atomic E-state index is 11.3. The fourth-order valence-electron chi connectivity index (χ4n) is 1.53. The molecule has 0 amide bonds. The predicted molar refractivity (Wildman–Crippen MR) is 61.2 cm³/mol. The molecule has 0 aliphatic rings. The molecule has 78 valence electrons. The number of rotatable bonds is 2. The van der Waals surface area contributed by atoms with E-state index in [9.17, 15) is 4.79 Å². The van der Waals surface area contributed by atoms with Crippen LogP contribution in [0, 0.1) is 6.92 Å². The topological polar surface area (TPSA) is 42.9 Å². The molecule has 0 aliphatic carbocycles. The van der Waals surface area contributed by atoms with Crippen LogP contribution in [0.25, 0.3) is 10.2 Å². The normalized spacial score (nSPS) is 13.0. The SMILES string of the molecule is CC(=O)C(C)c1ncnc2sc(C)cc12. The van der Waals surface area contributed by atoms with Gasteiger partial charge in [0.05, 0.1) is 11.6 Å². The summed E-state index contributed by atoms with van der Waals surface area (Å²) >= 11 is 1.63. The number of aryl methyl sites for hydroxylation is 1. The monoisotopic (exact) mass is 220 g/mol. The van der Waals surface area contributed by atoms with Crippen LogP contribution in [0.2, 0.25) is 0 Å². The lowest BCUT2D eigenvalue weighted by atomic mass is 10.0. The summed E-state index contributed by atoms with van der Waals surface area (Å²) in [6.45, 7) is 5.52. The second kappa shape index (κ2) is 3.70. The second-order valence-corrected chi connectivity index (χ2v) is 4.90. The molecule has 0 saturated carbocycles. The summed E-state index contributed by atoms with van der Waals surface area (Å²) in [7, 11) is 0. The molecule has 15 heavy (non-hydrogen) atoms. The molecular formula is C11H12N2OS. The molecular weight excluding hydrogens is 208 g/mol. The van der Waals surface area contributed by atoms with Crippen LogP contribution in [0.15, 0.2) is 12.4 Å². The van der Waals surface area contributed by atoms with Crippen molar-refractivity contribution in [2.75, 3.05) is 0 Å². The first-order valence-corrected chi connectivity index (χ1v) is 5.62. The first-order chi connectivity index (χ1) is 7.09. The Hall–Kier alpha value is -1.29. The van der Waals surface area contributed by atoms with Crippen LogP contribution in [-0.4, -0.2) is 15.8 Å². The van der Waals surface area contributed by atoms with Gasteiger partial charge in [-0.1, -0.05) is 0 Å². The van der Waals surface area contributed by atoms with Gasteiger partial charge in [-0.05, 0) is 26.8 Å². The van der Waals surface area contributed by atoms with Gasteiger partial charge in [0, 0.05) is 10.3 Å². The van der Waals surface area contributed by atoms with Crippen LogP contribution in [0.1, 0.15) is 30.3 Å². The summed E-state index contributed by atoms with van der Waals surface area (Å²) in [5.74, 6) is -0.0108. The zero-order valence-corrected chi connectivity index (χ0v) is 9.76. The van der Waals surface area contributed by atoms with E-state index in [1.165, 1.54) is 11.2 Å². The van der Waals surface area contributed by atoms with Crippen LogP contribution in [-0.2, 0) is 4.79 Å². The van der Waals surface area contributed by atoms with Gasteiger partial charge in [0.15, 0.2) is 0 Å². The molecule has 2 aromatic rings. The Balaban J connectivity index is 2.64. The number of thiophene rings is 1.